The number of H-pyrrole nitrogens is 1. The molecule has 4 rings (SSSR count). The van der Waals surface area contributed by atoms with Gasteiger partial charge in [-0.15, -0.1) is 5.10 Å². The molecule has 0 spiro atoms. The molecule has 0 unspecified atom stereocenters. The van der Waals surface area contributed by atoms with Crippen LogP contribution in [0.2, 0.25) is 0 Å². The molecule has 0 aliphatic heterocycles. The molecular weight excluding hydrogens is 292 g/mol. The molecule has 0 aliphatic carbocycles. The van der Waals surface area contributed by atoms with Crippen LogP contribution in [0.25, 0.3) is 27.9 Å². The zero-order valence-electron chi connectivity index (χ0n) is 12.7. The number of nitrogens with zero attached hydrogens (tertiary/aromatic N) is 3. The van der Waals surface area contributed by atoms with E-state index >= 15 is 0 Å². The van der Waals surface area contributed by atoms with Gasteiger partial charge >= 0.3 is 5.69 Å². The summed E-state index contributed by atoms with van der Waals surface area (Å²) < 4.78 is 6.54. The van der Waals surface area contributed by atoms with Crippen LogP contribution in [0.3, 0.4) is 0 Å². The van der Waals surface area contributed by atoms with Gasteiger partial charge in [0, 0.05) is 10.9 Å². The minimum atomic E-state index is -0.306. The second kappa shape index (κ2) is 4.95. The Morgan fingerprint density at radius 1 is 1.17 bits per heavy atom. The summed E-state index contributed by atoms with van der Waals surface area (Å²) in [5.41, 5.74) is 2.84. The monoisotopic (exact) mass is 306 g/mol. The van der Waals surface area contributed by atoms with Crippen molar-refractivity contribution in [3.05, 3.63) is 58.5 Å². The van der Waals surface area contributed by atoms with Crippen molar-refractivity contribution in [3.63, 3.8) is 0 Å². The highest BCUT2D eigenvalue weighted by Crippen LogP contribution is 2.24. The smallest absolute Gasteiger partial charge is 0.348 e. The molecule has 0 aliphatic rings. The Bertz CT molecular complexity index is 1090. The Morgan fingerprint density at radius 2 is 2.00 bits per heavy atom. The van der Waals surface area contributed by atoms with Gasteiger partial charge in [0.15, 0.2) is 11.5 Å². The van der Waals surface area contributed by atoms with Crippen LogP contribution >= 0.6 is 0 Å². The van der Waals surface area contributed by atoms with Crippen LogP contribution in [0.5, 0.6) is 5.75 Å². The summed E-state index contributed by atoms with van der Waals surface area (Å²) in [6.45, 7) is 1.99. The molecule has 2 aromatic carbocycles. The molecule has 6 nitrogen and oxygen atoms in total. The van der Waals surface area contributed by atoms with E-state index in [0.717, 1.165) is 27.8 Å². The summed E-state index contributed by atoms with van der Waals surface area (Å²) in [6.07, 6.45) is 0. The van der Waals surface area contributed by atoms with Crippen LogP contribution in [0.1, 0.15) is 5.56 Å². The number of rotatable bonds is 2. The summed E-state index contributed by atoms with van der Waals surface area (Å²) in [6, 6.07) is 13.2. The lowest BCUT2D eigenvalue weighted by Gasteiger charge is -2.01. The number of hydrogen-bond acceptors (Lipinski definition) is 4. The van der Waals surface area contributed by atoms with Crippen LogP contribution in [0.4, 0.5) is 0 Å². The third-order valence-electron chi connectivity index (χ3n) is 3.87. The summed E-state index contributed by atoms with van der Waals surface area (Å²) in [7, 11) is 1.61. The lowest BCUT2D eigenvalue weighted by Crippen LogP contribution is -2.17. The summed E-state index contributed by atoms with van der Waals surface area (Å²) in [4.78, 5) is 19.7. The third kappa shape index (κ3) is 2.07. The minimum Gasteiger partial charge on any atom is -0.497 e. The lowest BCUT2D eigenvalue weighted by atomic mass is 10.1. The highest BCUT2D eigenvalue weighted by atomic mass is 16.5. The Balaban J connectivity index is 2.06. The van der Waals surface area contributed by atoms with Crippen LogP contribution < -0.4 is 10.4 Å². The van der Waals surface area contributed by atoms with Crippen molar-refractivity contribution < 1.29 is 4.74 Å². The van der Waals surface area contributed by atoms with E-state index < -0.39 is 0 Å². The number of aryl methyl sites for hydroxylation is 1. The second-order valence-corrected chi connectivity index (χ2v) is 5.33. The van der Waals surface area contributed by atoms with E-state index in [9.17, 15) is 4.79 Å². The predicted octanol–water partition coefficient (Wildman–Crippen LogP) is 2.55. The molecule has 0 atom stereocenters. The Hall–Kier alpha value is -3.15. The van der Waals surface area contributed by atoms with Crippen LogP contribution in [-0.2, 0) is 0 Å². The average molecular weight is 306 g/mol. The Morgan fingerprint density at radius 3 is 2.83 bits per heavy atom. The number of benzene rings is 2. The van der Waals surface area contributed by atoms with Gasteiger partial charge in [-0.3, -0.25) is 0 Å². The molecule has 23 heavy (non-hydrogen) atoms. The summed E-state index contributed by atoms with van der Waals surface area (Å²) in [5.74, 6) is 1.21. The molecule has 1 N–H and O–H groups in total. The molecule has 0 fully saturated rings. The highest BCUT2D eigenvalue weighted by molar-refractivity contribution is 5.94. The number of fused-ring (bicyclic) bond motifs is 3. The van der Waals surface area contributed by atoms with Crippen molar-refractivity contribution in [3.8, 4) is 17.1 Å². The van der Waals surface area contributed by atoms with E-state index in [1.807, 2.05) is 49.4 Å². The largest absolute Gasteiger partial charge is 0.497 e. The fourth-order valence-corrected chi connectivity index (χ4v) is 2.74. The van der Waals surface area contributed by atoms with Crippen LogP contribution in [0, 0.1) is 6.92 Å². The maximum absolute atomic E-state index is 12.3. The van der Waals surface area contributed by atoms with Gasteiger partial charge in [0.1, 0.15) is 5.75 Å². The number of ether oxygens (including phenoxy) is 1. The first-order valence-electron chi connectivity index (χ1n) is 7.20. The van der Waals surface area contributed by atoms with E-state index in [-0.39, 0.29) is 5.69 Å². The fraction of sp³-hybridized carbons (Fsp3) is 0.118. The lowest BCUT2D eigenvalue weighted by molar-refractivity contribution is 0.415. The number of aromatic amines is 1. The maximum atomic E-state index is 12.3. The molecule has 4 aromatic rings. The third-order valence-corrected chi connectivity index (χ3v) is 3.87. The van der Waals surface area contributed by atoms with Gasteiger partial charge < -0.3 is 9.72 Å². The van der Waals surface area contributed by atoms with Crippen molar-refractivity contribution in [2.75, 3.05) is 7.11 Å². The zero-order chi connectivity index (χ0) is 16.0. The first-order valence-corrected chi connectivity index (χ1v) is 7.20. The Labute approximate surface area is 131 Å². The molecule has 2 aromatic heterocycles. The predicted molar refractivity (Wildman–Crippen MR) is 87.8 cm³/mol. The van der Waals surface area contributed by atoms with Crippen molar-refractivity contribution in [2.45, 2.75) is 6.92 Å². The van der Waals surface area contributed by atoms with Gasteiger partial charge in [0.2, 0.25) is 0 Å². The molecule has 0 radical (unpaired) electrons. The van der Waals surface area contributed by atoms with Gasteiger partial charge in [-0.25, -0.2) is 9.78 Å². The molecule has 2 heterocycles. The van der Waals surface area contributed by atoms with E-state index in [1.165, 1.54) is 4.52 Å². The number of nitrogens with one attached hydrogen (secondary N) is 1. The summed E-state index contributed by atoms with van der Waals surface area (Å²) in [5, 5.41) is 5.25. The first kappa shape index (κ1) is 13.5. The van der Waals surface area contributed by atoms with Crippen LogP contribution in [-0.4, -0.2) is 26.7 Å². The van der Waals surface area contributed by atoms with Crippen molar-refractivity contribution >= 4 is 16.6 Å². The van der Waals surface area contributed by atoms with E-state index in [1.54, 1.807) is 7.11 Å². The van der Waals surface area contributed by atoms with Gasteiger partial charge in [-0.2, -0.15) is 4.52 Å². The molecule has 0 saturated carbocycles. The zero-order valence-corrected chi connectivity index (χ0v) is 12.7. The normalized spacial score (nSPS) is 11.2. The number of aromatic nitrogens is 4. The van der Waals surface area contributed by atoms with Crippen molar-refractivity contribution in [1.82, 2.24) is 19.6 Å². The van der Waals surface area contributed by atoms with Crippen molar-refractivity contribution in [1.29, 1.82) is 0 Å². The first-order chi connectivity index (χ1) is 11.2. The molecule has 0 amide bonds. The SMILES string of the molecule is COc1cccc(-c2nc3c4c(C)cccc4[nH]c(=O)n3n2)c1. The van der Waals surface area contributed by atoms with Gasteiger partial charge in [-0.1, -0.05) is 24.3 Å². The topological polar surface area (TPSA) is 72.3 Å². The van der Waals surface area contributed by atoms with Gasteiger partial charge in [0.05, 0.1) is 12.6 Å². The quantitative estimate of drug-likeness (QED) is 0.618. The average Bonchev–Trinajstić information content (AvgIpc) is 3.01. The van der Waals surface area contributed by atoms with Gasteiger partial charge in [0.25, 0.3) is 0 Å². The highest BCUT2D eigenvalue weighted by Gasteiger charge is 2.13. The Kier molecular flexibility index (Phi) is 2.90. The number of methoxy groups -OCH3 is 1. The van der Waals surface area contributed by atoms with Crippen molar-refractivity contribution in [2.24, 2.45) is 0 Å². The summed E-state index contributed by atoms with van der Waals surface area (Å²) >= 11 is 0. The van der Waals surface area contributed by atoms with Crippen LogP contribution in [0.15, 0.2) is 47.3 Å². The van der Waals surface area contributed by atoms with E-state index in [2.05, 4.69) is 15.1 Å². The molecule has 0 saturated heterocycles. The molecular formula is C17H14N4O2. The molecule has 0 bridgehead atoms. The minimum absolute atomic E-state index is 0.306. The van der Waals surface area contributed by atoms with E-state index in [0.29, 0.717) is 11.5 Å². The molecule has 114 valence electrons. The second-order valence-electron chi connectivity index (χ2n) is 5.33. The maximum Gasteiger partial charge on any atom is 0.348 e. The standard InChI is InChI=1S/C17H14N4O2/c1-10-5-3-8-13-14(10)16-19-15(20-21(16)17(22)18-13)11-6-4-7-12(9-11)23-2/h3-9H,1-2H3,(H,18,22). The van der Waals surface area contributed by atoms with Gasteiger partial charge in [-0.05, 0) is 30.7 Å². The number of hydrogen-bond donors (Lipinski definition) is 1. The fourth-order valence-electron chi connectivity index (χ4n) is 2.74. The van der Waals surface area contributed by atoms with E-state index in [4.69, 9.17) is 4.74 Å². The molecule has 6 heteroatoms.